The number of carboxylic acids is 1. The van der Waals surface area contributed by atoms with Crippen molar-refractivity contribution in [1.29, 1.82) is 0 Å². The van der Waals surface area contributed by atoms with Crippen LogP contribution in [0.25, 0.3) is 0 Å². The number of rotatable bonds is 17. The Morgan fingerprint density at radius 1 is 0.846 bits per heavy atom. The highest BCUT2D eigenvalue weighted by Crippen LogP contribution is 2.18. The second-order valence-corrected chi connectivity index (χ2v) is 7.12. The van der Waals surface area contributed by atoms with Gasteiger partial charge in [-0.3, -0.25) is 9.59 Å². The van der Waals surface area contributed by atoms with E-state index < -0.39 is 5.97 Å². The summed E-state index contributed by atoms with van der Waals surface area (Å²) in [5, 5.41) is 9.07. The minimum atomic E-state index is -0.877. The van der Waals surface area contributed by atoms with Crippen molar-refractivity contribution in [3.8, 4) is 0 Å². The number of hydrogen-bond acceptors (Lipinski definition) is 2. The van der Waals surface area contributed by atoms with Crippen LogP contribution in [-0.2, 0) is 9.59 Å². The van der Waals surface area contributed by atoms with E-state index in [0.717, 1.165) is 25.7 Å². The molecule has 0 radical (unpaired) electrons. The normalized spacial score (nSPS) is 12.4. The zero-order chi connectivity index (χ0) is 19.6. The minimum Gasteiger partial charge on any atom is -0.481 e. The molecule has 0 spiro atoms. The molecular weight excluding hydrogens is 326 g/mol. The van der Waals surface area contributed by atoms with Gasteiger partial charge < -0.3 is 10.0 Å². The van der Waals surface area contributed by atoms with Crippen LogP contribution in [0.2, 0.25) is 0 Å². The molecule has 0 aliphatic rings. The van der Waals surface area contributed by atoms with E-state index >= 15 is 0 Å². The van der Waals surface area contributed by atoms with Crippen molar-refractivity contribution >= 4 is 11.9 Å². The maximum atomic E-state index is 12.4. The topological polar surface area (TPSA) is 57.6 Å². The number of allylic oxidation sites excluding steroid dienone is 2. The smallest absolute Gasteiger partial charge is 0.304 e. The fourth-order valence-electron chi connectivity index (χ4n) is 3.25. The van der Waals surface area contributed by atoms with Gasteiger partial charge in [-0.15, -0.1) is 0 Å². The fourth-order valence-corrected chi connectivity index (χ4v) is 3.25. The molecule has 0 aromatic rings. The van der Waals surface area contributed by atoms with Crippen molar-refractivity contribution in [1.82, 2.24) is 4.90 Å². The van der Waals surface area contributed by atoms with Crippen LogP contribution >= 0.6 is 0 Å². The van der Waals surface area contributed by atoms with Gasteiger partial charge in [0.1, 0.15) is 0 Å². The Morgan fingerprint density at radius 2 is 1.38 bits per heavy atom. The molecule has 0 saturated carbocycles. The molecule has 1 amide bonds. The van der Waals surface area contributed by atoms with Crippen LogP contribution in [0.1, 0.15) is 97.8 Å². The van der Waals surface area contributed by atoms with E-state index in [1.165, 1.54) is 38.5 Å². The van der Waals surface area contributed by atoms with Crippen LogP contribution in [0, 0.1) is 5.92 Å². The molecule has 1 atom stereocenters. The van der Waals surface area contributed by atoms with E-state index in [2.05, 4.69) is 19.1 Å². The highest BCUT2D eigenvalue weighted by molar-refractivity contribution is 5.83. The van der Waals surface area contributed by atoms with Crippen molar-refractivity contribution < 1.29 is 14.7 Å². The molecule has 0 fully saturated rings. The van der Waals surface area contributed by atoms with Crippen LogP contribution < -0.4 is 0 Å². The van der Waals surface area contributed by atoms with Crippen molar-refractivity contribution in [2.45, 2.75) is 97.8 Å². The number of carboxylic acid groups (broad SMARTS) is 1. The molecule has 1 unspecified atom stereocenters. The lowest BCUT2D eigenvalue weighted by molar-refractivity contribution is -0.144. The number of amides is 1. The summed E-state index contributed by atoms with van der Waals surface area (Å²) in [6, 6.07) is 0. The van der Waals surface area contributed by atoms with Gasteiger partial charge in [-0.2, -0.15) is 0 Å². The SMILES string of the molecule is CCCCCCC/C=C/CCCCCC(CC(=O)O)C(=O)N(CC)CC. The summed E-state index contributed by atoms with van der Waals surface area (Å²) in [6.07, 6.45) is 17.2. The average molecular weight is 368 g/mol. The van der Waals surface area contributed by atoms with Gasteiger partial charge in [0.15, 0.2) is 0 Å². The number of hydrogen-bond donors (Lipinski definition) is 1. The van der Waals surface area contributed by atoms with E-state index in [9.17, 15) is 9.59 Å². The van der Waals surface area contributed by atoms with Crippen molar-refractivity contribution in [3.63, 3.8) is 0 Å². The Balaban J connectivity index is 3.91. The second kappa shape index (κ2) is 17.1. The number of aliphatic carboxylic acids is 1. The molecule has 4 heteroatoms. The molecule has 1 N–H and O–H groups in total. The average Bonchev–Trinajstić information content (AvgIpc) is 2.62. The molecular formula is C22H41NO3. The third-order valence-corrected chi connectivity index (χ3v) is 4.91. The molecule has 0 heterocycles. The molecule has 0 aliphatic heterocycles. The van der Waals surface area contributed by atoms with E-state index in [1.807, 2.05) is 13.8 Å². The lowest BCUT2D eigenvalue weighted by Crippen LogP contribution is -2.36. The van der Waals surface area contributed by atoms with Gasteiger partial charge >= 0.3 is 5.97 Å². The third-order valence-electron chi connectivity index (χ3n) is 4.91. The maximum absolute atomic E-state index is 12.4. The molecule has 26 heavy (non-hydrogen) atoms. The van der Waals surface area contributed by atoms with Gasteiger partial charge in [-0.05, 0) is 46.0 Å². The molecule has 0 aromatic carbocycles. The van der Waals surface area contributed by atoms with E-state index in [0.29, 0.717) is 19.5 Å². The summed E-state index contributed by atoms with van der Waals surface area (Å²) in [7, 11) is 0. The molecule has 0 aliphatic carbocycles. The summed E-state index contributed by atoms with van der Waals surface area (Å²) in [5.41, 5.74) is 0. The largest absolute Gasteiger partial charge is 0.481 e. The number of carbonyl (C=O) groups excluding carboxylic acids is 1. The van der Waals surface area contributed by atoms with Gasteiger partial charge in [0.05, 0.1) is 6.42 Å². The van der Waals surface area contributed by atoms with Gasteiger partial charge in [-0.25, -0.2) is 0 Å². The number of nitrogens with zero attached hydrogens (tertiary/aromatic N) is 1. The molecule has 0 rings (SSSR count). The van der Waals surface area contributed by atoms with E-state index in [4.69, 9.17) is 5.11 Å². The summed E-state index contributed by atoms with van der Waals surface area (Å²) >= 11 is 0. The third kappa shape index (κ3) is 13.0. The van der Waals surface area contributed by atoms with Gasteiger partial charge in [0.25, 0.3) is 0 Å². The molecule has 4 nitrogen and oxygen atoms in total. The van der Waals surface area contributed by atoms with Gasteiger partial charge in [0.2, 0.25) is 5.91 Å². The summed E-state index contributed by atoms with van der Waals surface area (Å²) in [4.78, 5) is 25.2. The molecule has 0 saturated heterocycles. The first-order chi connectivity index (χ1) is 12.6. The Labute approximate surface area is 161 Å². The number of unbranched alkanes of at least 4 members (excludes halogenated alkanes) is 8. The van der Waals surface area contributed by atoms with Crippen LogP contribution in [0.5, 0.6) is 0 Å². The first-order valence-corrected chi connectivity index (χ1v) is 10.7. The van der Waals surface area contributed by atoms with Crippen molar-refractivity contribution in [3.05, 3.63) is 12.2 Å². The highest BCUT2D eigenvalue weighted by Gasteiger charge is 2.24. The Bertz CT molecular complexity index is 389. The summed E-state index contributed by atoms with van der Waals surface area (Å²) in [6.45, 7) is 7.41. The van der Waals surface area contributed by atoms with Crippen LogP contribution in [0.15, 0.2) is 12.2 Å². The van der Waals surface area contributed by atoms with Gasteiger partial charge in [-0.1, -0.05) is 57.6 Å². The second-order valence-electron chi connectivity index (χ2n) is 7.12. The quantitative estimate of drug-likeness (QED) is 0.260. The molecule has 0 aromatic heterocycles. The molecule has 152 valence electrons. The van der Waals surface area contributed by atoms with Crippen LogP contribution in [0.3, 0.4) is 0 Å². The van der Waals surface area contributed by atoms with E-state index in [1.54, 1.807) is 4.90 Å². The Kier molecular flexibility index (Phi) is 16.2. The predicted octanol–water partition coefficient (Wildman–Crippen LogP) is 5.81. The highest BCUT2D eigenvalue weighted by atomic mass is 16.4. The van der Waals surface area contributed by atoms with Crippen molar-refractivity contribution in [2.24, 2.45) is 5.92 Å². The lowest BCUT2D eigenvalue weighted by atomic mass is 9.95. The Hall–Kier alpha value is -1.32. The van der Waals surface area contributed by atoms with Gasteiger partial charge in [0, 0.05) is 19.0 Å². The lowest BCUT2D eigenvalue weighted by Gasteiger charge is -2.24. The first-order valence-electron chi connectivity index (χ1n) is 10.7. The maximum Gasteiger partial charge on any atom is 0.304 e. The summed E-state index contributed by atoms with van der Waals surface area (Å²) < 4.78 is 0. The van der Waals surface area contributed by atoms with Crippen molar-refractivity contribution in [2.75, 3.05) is 13.1 Å². The predicted molar refractivity (Wildman–Crippen MR) is 109 cm³/mol. The zero-order valence-electron chi connectivity index (χ0n) is 17.3. The summed E-state index contributed by atoms with van der Waals surface area (Å²) in [5.74, 6) is -1.25. The number of carbonyl (C=O) groups is 2. The minimum absolute atomic E-state index is 0.000342. The standard InChI is InChI=1S/C22H41NO3/c1-4-7-8-9-10-11-12-13-14-15-16-17-18-20(19-21(24)25)22(26)23(5-2)6-3/h12-13,20H,4-11,14-19H2,1-3H3,(H,24,25)/b13-12+. The fraction of sp³-hybridized carbons (Fsp3) is 0.818. The Morgan fingerprint density at radius 3 is 1.88 bits per heavy atom. The zero-order valence-corrected chi connectivity index (χ0v) is 17.3. The first kappa shape index (κ1) is 24.7. The molecule has 0 bridgehead atoms. The van der Waals surface area contributed by atoms with E-state index in [-0.39, 0.29) is 18.2 Å². The monoisotopic (exact) mass is 367 g/mol. The van der Waals surface area contributed by atoms with Crippen LogP contribution in [-0.4, -0.2) is 35.0 Å². The van der Waals surface area contributed by atoms with Crippen LogP contribution in [0.4, 0.5) is 0 Å².